The topological polar surface area (TPSA) is 90.9 Å². The van der Waals surface area contributed by atoms with Gasteiger partial charge in [0.25, 0.3) is 5.72 Å². The fourth-order valence-corrected chi connectivity index (χ4v) is 5.49. The summed E-state index contributed by atoms with van der Waals surface area (Å²) in [6.45, 7) is 0. The minimum absolute atomic E-state index is 0.0745. The third kappa shape index (κ3) is 1.68. The molecule has 3 N–H and O–H groups in total. The van der Waals surface area contributed by atoms with Crippen molar-refractivity contribution in [2.45, 2.75) is 23.2 Å². The SMILES string of the molecule is Oc1cccc2c1C1(O)c3cccc[n+]3C2(O)CC1(c1ccoc1)c1ccoc1. The third-order valence-corrected chi connectivity index (χ3v) is 6.62. The molecule has 7 rings (SSSR count). The van der Waals surface area contributed by atoms with E-state index in [2.05, 4.69) is 0 Å². The molecule has 0 fully saturated rings. The molecule has 0 spiro atoms. The van der Waals surface area contributed by atoms with Gasteiger partial charge in [0, 0.05) is 23.3 Å². The Kier molecular flexibility index (Phi) is 2.96. The fourth-order valence-electron chi connectivity index (χ4n) is 5.49. The zero-order chi connectivity index (χ0) is 19.9. The molecular formula is C23H18NO5+. The van der Waals surface area contributed by atoms with E-state index in [4.69, 9.17) is 8.83 Å². The Morgan fingerprint density at radius 3 is 2.24 bits per heavy atom. The quantitative estimate of drug-likeness (QED) is 0.459. The van der Waals surface area contributed by atoms with E-state index in [-0.39, 0.29) is 12.2 Å². The first-order chi connectivity index (χ1) is 14.0. The molecular weight excluding hydrogens is 370 g/mol. The summed E-state index contributed by atoms with van der Waals surface area (Å²) in [7, 11) is 0. The van der Waals surface area contributed by atoms with Crippen LogP contribution in [0.5, 0.6) is 5.75 Å². The summed E-state index contributed by atoms with van der Waals surface area (Å²) < 4.78 is 12.5. The lowest BCUT2D eigenvalue weighted by Crippen LogP contribution is -2.76. The molecule has 0 saturated carbocycles. The van der Waals surface area contributed by atoms with Crippen molar-refractivity contribution >= 4 is 0 Å². The average molecular weight is 388 g/mol. The number of phenols is 1. The van der Waals surface area contributed by atoms with E-state index in [0.29, 0.717) is 27.9 Å². The second-order valence-corrected chi connectivity index (χ2v) is 7.79. The molecule has 144 valence electrons. The largest absolute Gasteiger partial charge is 0.508 e. The van der Waals surface area contributed by atoms with Gasteiger partial charge >= 0.3 is 0 Å². The maximum Gasteiger partial charge on any atom is 0.298 e. The molecule has 1 aliphatic carbocycles. The van der Waals surface area contributed by atoms with E-state index in [1.54, 1.807) is 53.6 Å². The zero-order valence-corrected chi connectivity index (χ0v) is 15.3. The molecule has 4 aromatic rings. The molecule has 0 saturated heterocycles. The predicted octanol–water partition coefficient (Wildman–Crippen LogP) is 2.50. The minimum atomic E-state index is -1.69. The Labute approximate surface area is 165 Å². The molecule has 0 radical (unpaired) electrons. The van der Waals surface area contributed by atoms with Gasteiger partial charge in [-0.2, -0.15) is 4.57 Å². The summed E-state index contributed by atoms with van der Waals surface area (Å²) in [6.07, 6.45) is 8.11. The molecule has 1 aromatic carbocycles. The van der Waals surface area contributed by atoms with Crippen molar-refractivity contribution < 1.29 is 28.7 Å². The van der Waals surface area contributed by atoms with Crippen LogP contribution in [0, 0.1) is 0 Å². The van der Waals surface area contributed by atoms with Crippen molar-refractivity contribution in [3.05, 3.63) is 108 Å². The molecule has 2 unspecified atom stereocenters. The number of aromatic nitrogens is 1. The second kappa shape index (κ2) is 5.17. The summed E-state index contributed by atoms with van der Waals surface area (Å²) in [6, 6.07) is 13.9. The molecule has 2 aliphatic heterocycles. The van der Waals surface area contributed by atoms with Crippen LogP contribution in [-0.2, 0) is 16.7 Å². The number of furan rings is 2. The second-order valence-electron chi connectivity index (χ2n) is 7.79. The van der Waals surface area contributed by atoms with Gasteiger partial charge < -0.3 is 24.2 Å². The molecule has 29 heavy (non-hydrogen) atoms. The Balaban J connectivity index is 1.85. The van der Waals surface area contributed by atoms with Gasteiger partial charge in [0.15, 0.2) is 11.8 Å². The standard InChI is InChI=1S/C23H17NO5/c25-18-5-3-4-17-20(18)23(27)19-6-1-2-9-24(19)22(17,26)14-21(23,15-7-10-28-12-15)16-8-11-29-13-16/h1-13,26-27H,14H2/p+1. The number of nitrogens with zero attached hydrogens (tertiary/aromatic N) is 1. The molecule has 5 heterocycles. The minimum Gasteiger partial charge on any atom is -0.508 e. The highest BCUT2D eigenvalue weighted by Gasteiger charge is 2.75. The monoisotopic (exact) mass is 388 g/mol. The van der Waals surface area contributed by atoms with E-state index in [0.717, 1.165) is 0 Å². The van der Waals surface area contributed by atoms with Gasteiger partial charge in [0.05, 0.1) is 48.0 Å². The van der Waals surface area contributed by atoms with Gasteiger partial charge in [-0.3, -0.25) is 0 Å². The van der Waals surface area contributed by atoms with Crippen LogP contribution in [0.1, 0.15) is 34.4 Å². The fraction of sp³-hybridized carbons (Fsp3) is 0.174. The Hall–Kier alpha value is -3.35. The van der Waals surface area contributed by atoms with Gasteiger partial charge in [0.1, 0.15) is 5.75 Å². The average Bonchev–Trinajstić information content (AvgIpc) is 3.45. The van der Waals surface area contributed by atoms with Crippen LogP contribution in [0.15, 0.2) is 88.6 Å². The predicted molar refractivity (Wildman–Crippen MR) is 99.9 cm³/mol. The van der Waals surface area contributed by atoms with Crippen molar-refractivity contribution in [1.82, 2.24) is 0 Å². The van der Waals surface area contributed by atoms with Crippen LogP contribution in [0.2, 0.25) is 0 Å². The van der Waals surface area contributed by atoms with E-state index in [1.807, 2.05) is 12.1 Å². The number of hydrogen-bond acceptors (Lipinski definition) is 5. The maximum absolute atomic E-state index is 12.6. The van der Waals surface area contributed by atoms with Crippen LogP contribution in [-0.4, -0.2) is 15.3 Å². The normalized spacial score (nSPS) is 26.1. The van der Waals surface area contributed by atoms with Crippen LogP contribution < -0.4 is 4.57 Å². The van der Waals surface area contributed by atoms with Crippen molar-refractivity contribution in [3.8, 4) is 5.75 Å². The molecule has 2 bridgehead atoms. The lowest BCUT2D eigenvalue weighted by molar-refractivity contribution is -0.819. The number of aliphatic hydroxyl groups is 2. The molecule has 3 aromatic heterocycles. The smallest absolute Gasteiger partial charge is 0.298 e. The maximum atomic E-state index is 12.6. The van der Waals surface area contributed by atoms with E-state index >= 15 is 0 Å². The molecule has 0 amide bonds. The Bertz CT molecular complexity index is 1200. The first-order valence-corrected chi connectivity index (χ1v) is 9.38. The van der Waals surface area contributed by atoms with Gasteiger partial charge in [-0.25, -0.2) is 0 Å². The number of fused-ring (bicyclic) bond motifs is 1. The number of rotatable bonds is 2. The van der Waals surface area contributed by atoms with Crippen molar-refractivity contribution in [2.24, 2.45) is 0 Å². The van der Waals surface area contributed by atoms with Crippen molar-refractivity contribution in [2.75, 3.05) is 0 Å². The summed E-state index contributed by atoms with van der Waals surface area (Å²) in [5.74, 6) is -0.0745. The first kappa shape index (κ1) is 16.6. The Morgan fingerprint density at radius 1 is 0.862 bits per heavy atom. The first-order valence-electron chi connectivity index (χ1n) is 9.38. The van der Waals surface area contributed by atoms with Crippen LogP contribution in [0.3, 0.4) is 0 Å². The molecule has 6 nitrogen and oxygen atoms in total. The van der Waals surface area contributed by atoms with Crippen molar-refractivity contribution in [1.29, 1.82) is 0 Å². The Morgan fingerprint density at radius 2 is 1.59 bits per heavy atom. The summed E-state index contributed by atoms with van der Waals surface area (Å²) in [5, 5.41) is 35.6. The lowest BCUT2D eigenvalue weighted by Gasteiger charge is -2.55. The van der Waals surface area contributed by atoms with E-state index in [1.165, 1.54) is 18.6 Å². The van der Waals surface area contributed by atoms with Gasteiger partial charge in [-0.1, -0.05) is 6.07 Å². The van der Waals surface area contributed by atoms with Gasteiger partial charge in [0.2, 0.25) is 5.69 Å². The van der Waals surface area contributed by atoms with E-state index in [9.17, 15) is 15.3 Å². The van der Waals surface area contributed by atoms with Crippen LogP contribution >= 0.6 is 0 Å². The lowest BCUT2D eigenvalue weighted by atomic mass is 9.50. The van der Waals surface area contributed by atoms with Crippen LogP contribution in [0.25, 0.3) is 0 Å². The van der Waals surface area contributed by atoms with Gasteiger partial charge in [-0.15, -0.1) is 0 Å². The summed E-state index contributed by atoms with van der Waals surface area (Å²) in [5.41, 5.74) is -1.71. The number of phenolic OH excluding ortho intramolecular Hbond substituents is 1. The highest BCUT2D eigenvalue weighted by Crippen LogP contribution is 2.64. The van der Waals surface area contributed by atoms with Crippen molar-refractivity contribution in [3.63, 3.8) is 0 Å². The summed E-state index contributed by atoms with van der Waals surface area (Å²) in [4.78, 5) is 0. The molecule has 6 heteroatoms. The van der Waals surface area contributed by atoms with Gasteiger partial charge in [-0.05, 0) is 30.3 Å². The summed E-state index contributed by atoms with van der Waals surface area (Å²) >= 11 is 0. The van der Waals surface area contributed by atoms with E-state index < -0.39 is 16.7 Å². The number of hydrogen-bond donors (Lipinski definition) is 3. The number of pyridine rings is 1. The van der Waals surface area contributed by atoms with Crippen LogP contribution in [0.4, 0.5) is 0 Å². The zero-order valence-electron chi connectivity index (χ0n) is 15.3. The molecule has 3 aliphatic rings. The highest BCUT2D eigenvalue weighted by molar-refractivity contribution is 5.61. The third-order valence-electron chi connectivity index (χ3n) is 6.62. The molecule has 2 atom stereocenters. The number of aromatic hydroxyl groups is 1. The number of benzene rings is 1. The highest BCUT2D eigenvalue weighted by atomic mass is 16.3.